The minimum Gasteiger partial charge on any atom is -0.777 e. The van der Waals surface area contributed by atoms with E-state index in [9.17, 15) is 0 Å². The van der Waals surface area contributed by atoms with Crippen molar-refractivity contribution in [3.63, 3.8) is 0 Å². The van der Waals surface area contributed by atoms with Gasteiger partial charge in [0.25, 0.3) is 0 Å². The molecule has 47 heavy (non-hydrogen) atoms. The number of hydrogen-bond donors (Lipinski definition) is 0. The number of pyridine rings is 2. The van der Waals surface area contributed by atoms with Gasteiger partial charge in [-0.05, 0) is 81.9 Å². The van der Waals surface area contributed by atoms with Crippen LogP contribution in [0, 0.1) is 13.0 Å². The Balaban J connectivity index is 0.00000433. The Morgan fingerprint density at radius 2 is 1.51 bits per heavy atom. The first-order valence-electron chi connectivity index (χ1n) is 16.7. The summed E-state index contributed by atoms with van der Waals surface area (Å²) in [5.41, 5.74) is 13.7. The van der Waals surface area contributed by atoms with Crippen LogP contribution in [0.4, 0.5) is 17.2 Å². The van der Waals surface area contributed by atoms with Crippen LogP contribution in [-0.2, 0) is 50.9 Å². The molecule has 1 aliphatic rings. The topological polar surface area (TPSA) is 29.0 Å². The van der Waals surface area contributed by atoms with Crippen molar-refractivity contribution in [2.24, 2.45) is 0 Å². The third-order valence-electron chi connectivity index (χ3n) is 9.35. The number of benzene rings is 3. The fraction of sp³-hybridized carbons (Fsp3) is 0.381. The Morgan fingerprint density at radius 3 is 2.13 bits per heavy atom. The van der Waals surface area contributed by atoms with E-state index in [2.05, 4.69) is 142 Å². The van der Waals surface area contributed by atoms with Gasteiger partial charge in [0.2, 0.25) is 0 Å². The van der Waals surface area contributed by atoms with Crippen LogP contribution in [0.15, 0.2) is 65.7 Å². The van der Waals surface area contributed by atoms with E-state index in [-0.39, 0.29) is 37.8 Å². The molecule has 0 N–H and O–H groups in total. The van der Waals surface area contributed by atoms with E-state index in [0.29, 0.717) is 5.92 Å². The van der Waals surface area contributed by atoms with Crippen LogP contribution in [0.2, 0.25) is 0 Å². The van der Waals surface area contributed by atoms with Crippen LogP contribution in [-0.4, -0.2) is 9.97 Å². The Hall–Kier alpha value is -3.07. The van der Waals surface area contributed by atoms with E-state index in [1.165, 1.54) is 39.1 Å². The summed E-state index contributed by atoms with van der Waals surface area (Å²) < 4.78 is 0. The van der Waals surface area contributed by atoms with Gasteiger partial charge in [-0.2, -0.15) is 0 Å². The van der Waals surface area contributed by atoms with Crippen LogP contribution in [0.1, 0.15) is 120 Å². The zero-order valence-corrected chi connectivity index (χ0v) is 32.8. The number of hydrogen-bond acceptors (Lipinski definition) is 4. The van der Waals surface area contributed by atoms with Gasteiger partial charge in [0.15, 0.2) is 0 Å². The quantitative estimate of drug-likeness (QED) is 0.131. The van der Waals surface area contributed by atoms with Gasteiger partial charge in [-0.1, -0.05) is 117 Å². The van der Waals surface area contributed by atoms with Crippen LogP contribution < -0.4 is 4.90 Å². The maximum absolute atomic E-state index is 6.20. The van der Waals surface area contributed by atoms with E-state index < -0.39 is 0 Å². The Kier molecular flexibility index (Phi) is 9.56. The molecule has 0 fully saturated rings. The molecule has 0 bridgehead atoms. The maximum atomic E-state index is 6.20. The Bertz CT molecular complexity index is 1980. The summed E-state index contributed by atoms with van der Waals surface area (Å²) in [4.78, 5) is 13.5. The fourth-order valence-electron chi connectivity index (χ4n) is 6.71. The van der Waals surface area contributed by atoms with Crippen molar-refractivity contribution in [3.05, 3.63) is 106 Å². The second-order valence-electron chi connectivity index (χ2n) is 15.8. The summed E-state index contributed by atoms with van der Waals surface area (Å²) in [6.07, 6.45) is 2.76. The number of rotatable bonds is 4. The summed E-state index contributed by atoms with van der Waals surface area (Å²) in [6, 6.07) is 24.3. The second kappa shape index (κ2) is 12.8. The summed E-state index contributed by atoms with van der Waals surface area (Å²) in [5.74, 6) is 1.61. The maximum Gasteiger partial charge on any atom is 2.00 e. The molecule has 0 saturated heterocycles. The average Bonchev–Trinajstić information content (AvgIpc) is 2.97. The standard InChI is InChI=1S/C42H48N3S.Pt/c1-24(2)27-12-13-28-19-29-20-31(25(3)4)32(22-37(29)45(36(28)21-27)38-18-26(5)16-17-43-38)35-23-34(42(9,10)11)30-14-15-33(41(6,7)8)40(46)39(30)44-35;/h12-18,20-21,23-25,46H,19H2,1-11H3;/q-1;+2/p-1. The molecule has 6 rings (SSSR count). The monoisotopic (exact) mass is 820 g/mol. The molecule has 3 nitrogen and oxygen atoms in total. The third kappa shape index (κ3) is 6.53. The first-order valence-corrected chi connectivity index (χ1v) is 17.1. The molecule has 0 atom stereocenters. The fourth-order valence-corrected chi connectivity index (χ4v) is 7.24. The molecule has 1 aliphatic heterocycles. The molecule has 5 heteroatoms. The zero-order valence-electron chi connectivity index (χ0n) is 29.7. The average molecular weight is 821 g/mol. The van der Waals surface area contributed by atoms with Crippen LogP contribution in [0.25, 0.3) is 22.2 Å². The third-order valence-corrected chi connectivity index (χ3v) is 9.76. The minimum atomic E-state index is -0.100. The van der Waals surface area contributed by atoms with Crippen LogP contribution >= 0.6 is 0 Å². The number of aryl methyl sites for hydroxylation is 1. The van der Waals surface area contributed by atoms with E-state index >= 15 is 0 Å². The van der Waals surface area contributed by atoms with Crippen molar-refractivity contribution in [1.82, 2.24) is 9.97 Å². The van der Waals surface area contributed by atoms with Gasteiger partial charge in [0, 0.05) is 22.8 Å². The second-order valence-corrected chi connectivity index (χ2v) is 16.2. The van der Waals surface area contributed by atoms with Crippen molar-refractivity contribution < 1.29 is 21.1 Å². The number of aromatic nitrogens is 2. The molecule has 0 radical (unpaired) electrons. The molecule has 3 aromatic carbocycles. The van der Waals surface area contributed by atoms with E-state index in [1.54, 1.807) is 0 Å². The number of nitrogens with zero attached hydrogens (tertiary/aromatic N) is 3. The van der Waals surface area contributed by atoms with Crippen molar-refractivity contribution in [2.75, 3.05) is 4.90 Å². The summed E-state index contributed by atoms with van der Waals surface area (Å²) in [6.45, 7) is 24.7. The number of fused-ring (bicyclic) bond motifs is 3. The summed E-state index contributed by atoms with van der Waals surface area (Å²) >= 11 is 6.20. The molecule has 3 heterocycles. The smallest absolute Gasteiger partial charge is 0.777 e. The largest absolute Gasteiger partial charge is 2.00 e. The van der Waals surface area contributed by atoms with Gasteiger partial charge in [-0.15, -0.1) is 28.2 Å². The van der Waals surface area contributed by atoms with Gasteiger partial charge in [0.1, 0.15) is 5.82 Å². The van der Waals surface area contributed by atoms with Gasteiger partial charge in [-0.25, -0.2) is 4.98 Å². The van der Waals surface area contributed by atoms with Crippen molar-refractivity contribution >= 4 is 40.7 Å². The Morgan fingerprint density at radius 1 is 0.809 bits per heavy atom. The molecule has 0 spiro atoms. The minimum absolute atomic E-state index is 0. The molecule has 0 aliphatic carbocycles. The van der Waals surface area contributed by atoms with Crippen molar-refractivity contribution in [2.45, 2.75) is 110 Å². The predicted molar refractivity (Wildman–Crippen MR) is 197 cm³/mol. The first-order chi connectivity index (χ1) is 21.5. The van der Waals surface area contributed by atoms with E-state index in [4.69, 9.17) is 22.6 Å². The van der Waals surface area contributed by atoms with Crippen LogP contribution in [0.5, 0.6) is 0 Å². The molecular weight excluding hydrogens is 774 g/mol. The Labute approximate surface area is 302 Å². The van der Waals surface area contributed by atoms with Gasteiger partial charge >= 0.3 is 21.1 Å². The molecule has 5 aromatic rings. The van der Waals surface area contributed by atoms with Crippen molar-refractivity contribution in [1.29, 1.82) is 0 Å². The molecule has 0 amide bonds. The first kappa shape index (κ1) is 35.2. The van der Waals surface area contributed by atoms with E-state index in [0.717, 1.165) is 50.5 Å². The zero-order chi connectivity index (χ0) is 33.3. The normalized spacial score (nSPS) is 13.2. The van der Waals surface area contributed by atoms with Crippen molar-refractivity contribution in [3.8, 4) is 11.3 Å². The van der Waals surface area contributed by atoms with Crippen LogP contribution in [0.3, 0.4) is 0 Å². The van der Waals surface area contributed by atoms with Gasteiger partial charge in [-0.3, -0.25) is 4.98 Å². The van der Waals surface area contributed by atoms with Gasteiger partial charge in [0.05, 0.1) is 0 Å². The molecule has 2 aromatic heterocycles. The van der Waals surface area contributed by atoms with Gasteiger partial charge < -0.3 is 17.5 Å². The molecule has 0 saturated carbocycles. The SMILES string of the molecule is Cc1ccnc(N2c3[c-]c(-c4cc(C(C)(C)C)c5ccc(C(C)(C)C)c([S-])c5n4)c(C(C)C)cc3Cc3ccc(C(C)C)cc32)c1.[Pt+2]. The number of anilines is 3. The van der Waals surface area contributed by atoms with E-state index in [1.807, 2.05) is 6.20 Å². The predicted octanol–water partition coefficient (Wildman–Crippen LogP) is 11.5. The summed E-state index contributed by atoms with van der Waals surface area (Å²) in [5, 5.41) is 1.14. The molecular formula is C42H47N3PtS. The molecule has 246 valence electrons. The molecule has 0 unspecified atom stereocenters. The summed E-state index contributed by atoms with van der Waals surface area (Å²) in [7, 11) is 0.